The number of hydrogen-bond acceptors (Lipinski definition) is 23. The summed E-state index contributed by atoms with van der Waals surface area (Å²) in [6, 6.07) is 8.09. The molecule has 0 saturated carbocycles. The fourth-order valence-electron chi connectivity index (χ4n) is 7.08. The summed E-state index contributed by atoms with van der Waals surface area (Å²) in [5.74, 6) is -0.563. The van der Waals surface area contributed by atoms with Crippen LogP contribution in [0, 0.1) is 0 Å². The van der Waals surface area contributed by atoms with E-state index in [0.29, 0.717) is 5.56 Å². The second-order valence-corrected chi connectivity index (χ2v) is 15.0. The van der Waals surface area contributed by atoms with Crippen LogP contribution in [0.5, 0.6) is 17.2 Å². The fraction of sp³-hybridized carbons (Fsp3) is 0.595. The standard InChI is InChI=1S/C37H46O23/c38-7-20-24(42)26(44)28(46)32(59-20)53-10-36(50)12-55-34(30(36)48)57-15-3-1-14(2-4-15)17-9-52-19-6-16(5-18(40)22(19)23(17)41)58-35-31(49)37(51,13-56-35)11-54-33-29(47)27(45)25(43)21(8-39)60-33/h1-6,9,20-21,24-35,38-40,42-51H,7-8,10-13H2/t20-,21-,24-,25-,26-,27-,28+,29+,30+,31+,32+,33+,34-,35-,36+,37-/m0/s1. The molecule has 23 heteroatoms. The molecular formula is C37H46O23. The van der Waals surface area contributed by atoms with Gasteiger partial charge in [0.2, 0.25) is 18.0 Å². The van der Waals surface area contributed by atoms with Crippen molar-refractivity contribution in [3.8, 4) is 28.4 Å². The van der Waals surface area contributed by atoms with Gasteiger partial charge in [-0.1, -0.05) is 12.1 Å². The van der Waals surface area contributed by atoms with E-state index in [0.717, 1.165) is 12.3 Å². The Morgan fingerprint density at radius 2 is 1.12 bits per heavy atom. The molecule has 16 atom stereocenters. The number of ether oxygens (including phenoxy) is 8. The van der Waals surface area contributed by atoms with E-state index in [4.69, 9.17) is 42.3 Å². The number of aromatic hydroxyl groups is 1. The molecule has 5 heterocycles. The Kier molecular flexibility index (Phi) is 13.0. The minimum Gasteiger partial charge on any atom is -0.507 e. The number of rotatable bonds is 13. The summed E-state index contributed by atoms with van der Waals surface area (Å²) in [7, 11) is 0. The van der Waals surface area contributed by atoms with E-state index >= 15 is 0 Å². The summed E-state index contributed by atoms with van der Waals surface area (Å²) in [4.78, 5) is 13.6. The van der Waals surface area contributed by atoms with Crippen LogP contribution in [0.25, 0.3) is 22.1 Å². The molecule has 0 aliphatic carbocycles. The van der Waals surface area contributed by atoms with E-state index in [1.54, 1.807) is 0 Å². The van der Waals surface area contributed by atoms with Crippen molar-refractivity contribution >= 4 is 11.0 Å². The van der Waals surface area contributed by atoms with Gasteiger partial charge in [0.25, 0.3) is 0 Å². The Labute approximate surface area is 337 Å². The van der Waals surface area contributed by atoms with Crippen molar-refractivity contribution in [3.05, 3.63) is 52.9 Å². The number of phenolic OH excluding ortho intramolecular Hbond substituents is 1. The van der Waals surface area contributed by atoms with E-state index in [2.05, 4.69) is 0 Å². The third kappa shape index (κ3) is 8.44. The first-order valence-electron chi connectivity index (χ1n) is 18.6. The first kappa shape index (κ1) is 44.4. The van der Waals surface area contributed by atoms with Crippen molar-refractivity contribution in [2.24, 2.45) is 0 Å². The van der Waals surface area contributed by atoms with Crippen LogP contribution in [0.1, 0.15) is 0 Å². The van der Waals surface area contributed by atoms with Crippen LogP contribution in [0.2, 0.25) is 0 Å². The van der Waals surface area contributed by atoms with Gasteiger partial charge in [-0.05, 0) is 17.7 Å². The Morgan fingerprint density at radius 1 is 0.633 bits per heavy atom. The predicted octanol–water partition coefficient (Wildman–Crippen LogP) is -5.55. The van der Waals surface area contributed by atoms with Crippen molar-refractivity contribution in [3.63, 3.8) is 0 Å². The number of aliphatic hydroxyl groups is 12. The average Bonchev–Trinajstić information content (AvgIpc) is 3.67. The van der Waals surface area contributed by atoms with Crippen molar-refractivity contribution in [1.29, 1.82) is 0 Å². The van der Waals surface area contributed by atoms with Crippen LogP contribution in [-0.2, 0) is 28.4 Å². The zero-order chi connectivity index (χ0) is 43.3. The Bertz CT molecular complexity index is 1990. The summed E-state index contributed by atoms with van der Waals surface area (Å²) >= 11 is 0. The molecule has 332 valence electrons. The van der Waals surface area contributed by atoms with Gasteiger partial charge in [0.1, 0.15) is 107 Å². The topological polar surface area (TPSA) is 367 Å². The lowest BCUT2D eigenvalue weighted by atomic mass is 9.98. The molecule has 4 saturated heterocycles. The Balaban J connectivity index is 0.958. The van der Waals surface area contributed by atoms with Crippen molar-refractivity contribution in [2.45, 2.75) is 97.4 Å². The Hall–Kier alpha value is -3.67. The number of phenols is 1. The van der Waals surface area contributed by atoms with E-state index in [1.807, 2.05) is 0 Å². The lowest BCUT2D eigenvalue weighted by Crippen LogP contribution is -2.60. The fourth-order valence-corrected chi connectivity index (χ4v) is 7.08. The first-order chi connectivity index (χ1) is 28.5. The molecule has 0 spiro atoms. The summed E-state index contributed by atoms with van der Waals surface area (Å²) in [6.07, 6.45) is -21.2. The van der Waals surface area contributed by atoms with Gasteiger partial charge in [-0.3, -0.25) is 4.79 Å². The van der Waals surface area contributed by atoms with Gasteiger partial charge in [-0.15, -0.1) is 0 Å². The summed E-state index contributed by atoms with van der Waals surface area (Å²) in [5.41, 5.74) is -4.63. The van der Waals surface area contributed by atoms with Crippen LogP contribution >= 0.6 is 0 Å². The molecule has 0 bridgehead atoms. The molecule has 0 radical (unpaired) electrons. The molecule has 0 amide bonds. The zero-order valence-electron chi connectivity index (χ0n) is 31.3. The summed E-state index contributed by atoms with van der Waals surface area (Å²) < 4.78 is 49.1. The molecule has 4 aliphatic heterocycles. The normalized spacial score (nSPS) is 39.6. The van der Waals surface area contributed by atoms with Crippen LogP contribution < -0.4 is 14.9 Å². The number of fused-ring (bicyclic) bond motifs is 1. The number of hydrogen-bond donors (Lipinski definition) is 13. The van der Waals surface area contributed by atoms with Gasteiger partial charge in [0.15, 0.2) is 12.6 Å². The predicted molar refractivity (Wildman–Crippen MR) is 192 cm³/mol. The quantitative estimate of drug-likeness (QED) is 0.0762. The largest absolute Gasteiger partial charge is 0.507 e. The van der Waals surface area contributed by atoms with Gasteiger partial charge in [-0.2, -0.15) is 0 Å². The van der Waals surface area contributed by atoms with Crippen molar-refractivity contribution in [2.75, 3.05) is 39.6 Å². The van der Waals surface area contributed by atoms with E-state index in [1.165, 1.54) is 30.3 Å². The van der Waals surface area contributed by atoms with Crippen LogP contribution in [0.4, 0.5) is 0 Å². The zero-order valence-corrected chi connectivity index (χ0v) is 31.3. The smallest absolute Gasteiger partial charge is 0.229 e. The SMILES string of the molecule is O=c1c(-c2ccc(O[C@@H]3OC[C@](O)(CO[C@@H]4O[C@@H](CO)[C@H](O)[C@H](O)[C@H]4O)[C@@H]3O)cc2)coc2cc(O[C@@H]3OC[C@@](O)(CO[C@@H]4O[C@@H](CO)[C@H](O)[C@H](O)[C@H]4O)[C@@H]3O)cc(O)c12. The maximum atomic E-state index is 13.6. The molecule has 60 heavy (non-hydrogen) atoms. The highest BCUT2D eigenvalue weighted by Gasteiger charge is 2.53. The summed E-state index contributed by atoms with van der Waals surface area (Å²) in [5, 5.41) is 133. The third-order valence-corrected chi connectivity index (χ3v) is 10.8. The maximum absolute atomic E-state index is 13.6. The number of aliphatic hydroxyl groups excluding tert-OH is 10. The van der Waals surface area contributed by atoms with Crippen LogP contribution in [0.3, 0.4) is 0 Å². The average molecular weight is 859 g/mol. The Morgan fingerprint density at radius 3 is 1.60 bits per heavy atom. The number of benzene rings is 2. The molecule has 4 fully saturated rings. The van der Waals surface area contributed by atoms with E-state index < -0.39 is 148 Å². The lowest BCUT2D eigenvalue weighted by molar-refractivity contribution is -0.310. The molecule has 3 aromatic rings. The molecular weight excluding hydrogens is 812 g/mol. The molecule has 2 aromatic carbocycles. The van der Waals surface area contributed by atoms with E-state index in [9.17, 15) is 71.2 Å². The van der Waals surface area contributed by atoms with Gasteiger partial charge in [-0.25, -0.2) is 0 Å². The highest BCUT2D eigenvalue weighted by molar-refractivity contribution is 5.88. The second-order valence-electron chi connectivity index (χ2n) is 15.0. The van der Waals surface area contributed by atoms with Crippen LogP contribution in [0.15, 0.2) is 51.9 Å². The van der Waals surface area contributed by atoms with Crippen molar-refractivity contribution < 1.29 is 109 Å². The molecule has 13 N–H and O–H groups in total. The highest BCUT2D eigenvalue weighted by atomic mass is 16.7. The molecule has 23 nitrogen and oxygen atoms in total. The lowest BCUT2D eigenvalue weighted by Gasteiger charge is -2.40. The van der Waals surface area contributed by atoms with Crippen LogP contribution in [-0.4, -0.2) is 203 Å². The van der Waals surface area contributed by atoms with Gasteiger partial charge in [0, 0.05) is 12.1 Å². The minimum absolute atomic E-state index is 0.0221. The molecule has 4 aliphatic rings. The summed E-state index contributed by atoms with van der Waals surface area (Å²) in [6.45, 7) is -3.81. The molecule has 7 rings (SSSR count). The minimum atomic E-state index is -2.13. The van der Waals surface area contributed by atoms with Crippen molar-refractivity contribution in [1.82, 2.24) is 0 Å². The second kappa shape index (κ2) is 17.6. The van der Waals surface area contributed by atoms with Gasteiger partial charge >= 0.3 is 0 Å². The monoisotopic (exact) mass is 858 g/mol. The maximum Gasteiger partial charge on any atom is 0.229 e. The van der Waals surface area contributed by atoms with E-state index in [-0.39, 0.29) is 28.0 Å². The molecule has 0 unspecified atom stereocenters. The van der Waals surface area contributed by atoms with Gasteiger partial charge < -0.3 is 109 Å². The van der Waals surface area contributed by atoms with Gasteiger partial charge in [0.05, 0.1) is 45.2 Å². The first-order valence-corrected chi connectivity index (χ1v) is 18.6. The molecule has 1 aromatic heterocycles. The third-order valence-electron chi connectivity index (χ3n) is 10.8. The highest BCUT2D eigenvalue weighted by Crippen LogP contribution is 2.35.